The maximum Gasteiger partial charge on any atom is 0.123 e. The zero-order chi connectivity index (χ0) is 12.4. The summed E-state index contributed by atoms with van der Waals surface area (Å²) >= 11 is 5.93. The Labute approximate surface area is 104 Å². The second kappa shape index (κ2) is 4.63. The highest BCUT2D eigenvalue weighted by molar-refractivity contribution is 6.31. The van der Waals surface area contributed by atoms with Gasteiger partial charge in [-0.05, 0) is 42.5 Å². The third kappa shape index (κ3) is 2.50. The van der Waals surface area contributed by atoms with Gasteiger partial charge in [0.05, 0.1) is 11.4 Å². The molecule has 0 aliphatic rings. The first kappa shape index (κ1) is 11.7. The molecule has 0 amide bonds. The van der Waals surface area contributed by atoms with Crippen molar-refractivity contribution in [3.8, 4) is 0 Å². The van der Waals surface area contributed by atoms with Crippen LogP contribution in [0.15, 0.2) is 42.5 Å². The highest BCUT2D eigenvalue weighted by atomic mass is 35.5. The summed E-state index contributed by atoms with van der Waals surface area (Å²) in [5, 5.41) is 0.614. The molecule has 0 fully saturated rings. The highest BCUT2D eigenvalue weighted by Crippen LogP contribution is 2.31. The van der Waals surface area contributed by atoms with E-state index in [1.807, 2.05) is 11.9 Å². The molecule has 17 heavy (non-hydrogen) atoms. The van der Waals surface area contributed by atoms with Crippen molar-refractivity contribution in [2.45, 2.75) is 0 Å². The minimum atomic E-state index is -0.263. The first-order valence-electron chi connectivity index (χ1n) is 5.12. The van der Waals surface area contributed by atoms with Crippen molar-refractivity contribution in [3.63, 3.8) is 0 Å². The molecular formula is C13H12ClFN2. The standard InChI is InChI=1S/C13H12ClFN2/c1-17(11-5-3-10(15)4-6-11)13-8-9(14)2-7-12(13)16/h2-8H,16H2,1H3. The molecule has 88 valence electrons. The second-order valence-electron chi connectivity index (χ2n) is 3.74. The fraction of sp³-hybridized carbons (Fsp3) is 0.0769. The molecule has 2 aromatic rings. The lowest BCUT2D eigenvalue weighted by Gasteiger charge is -2.21. The van der Waals surface area contributed by atoms with E-state index >= 15 is 0 Å². The number of hydrogen-bond donors (Lipinski definition) is 1. The van der Waals surface area contributed by atoms with Gasteiger partial charge in [-0.1, -0.05) is 11.6 Å². The summed E-state index contributed by atoms with van der Waals surface area (Å²) in [6.45, 7) is 0. The van der Waals surface area contributed by atoms with Crippen LogP contribution in [0.2, 0.25) is 5.02 Å². The molecule has 2 N–H and O–H groups in total. The van der Waals surface area contributed by atoms with E-state index in [-0.39, 0.29) is 5.82 Å². The molecule has 0 aliphatic heterocycles. The normalized spacial score (nSPS) is 10.3. The summed E-state index contributed by atoms with van der Waals surface area (Å²) in [6.07, 6.45) is 0. The smallest absolute Gasteiger partial charge is 0.123 e. The first-order chi connectivity index (χ1) is 8.08. The Hall–Kier alpha value is -1.74. The molecule has 4 heteroatoms. The summed E-state index contributed by atoms with van der Waals surface area (Å²) in [5.74, 6) is -0.263. The van der Waals surface area contributed by atoms with E-state index in [0.29, 0.717) is 10.7 Å². The summed E-state index contributed by atoms with van der Waals surface area (Å²) in [7, 11) is 1.86. The largest absolute Gasteiger partial charge is 0.397 e. The van der Waals surface area contributed by atoms with Gasteiger partial charge in [-0.15, -0.1) is 0 Å². The third-order valence-electron chi connectivity index (χ3n) is 2.57. The molecule has 0 saturated heterocycles. The average Bonchev–Trinajstić information content (AvgIpc) is 2.32. The van der Waals surface area contributed by atoms with Crippen LogP contribution in [0.1, 0.15) is 0 Å². The lowest BCUT2D eigenvalue weighted by Crippen LogP contribution is -2.11. The number of anilines is 3. The Morgan fingerprint density at radius 1 is 1.12 bits per heavy atom. The van der Waals surface area contributed by atoms with Crippen LogP contribution in [-0.2, 0) is 0 Å². The predicted octanol–water partition coefficient (Wildman–Crippen LogP) is 3.83. The minimum Gasteiger partial charge on any atom is -0.397 e. The number of nitrogen functional groups attached to an aromatic ring is 1. The van der Waals surface area contributed by atoms with Crippen LogP contribution in [0.3, 0.4) is 0 Å². The Morgan fingerprint density at radius 3 is 2.41 bits per heavy atom. The van der Waals surface area contributed by atoms with E-state index in [4.69, 9.17) is 17.3 Å². The van der Waals surface area contributed by atoms with Gasteiger partial charge in [0, 0.05) is 17.8 Å². The highest BCUT2D eigenvalue weighted by Gasteiger charge is 2.08. The summed E-state index contributed by atoms with van der Waals surface area (Å²) in [6, 6.07) is 11.5. The van der Waals surface area contributed by atoms with Crippen molar-refractivity contribution in [1.82, 2.24) is 0 Å². The number of nitrogens with zero attached hydrogens (tertiary/aromatic N) is 1. The molecule has 0 unspecified atom stereocenters. The van der Waals surface area contributed by atoms with Crippen molar-refractivity contribution in [2.24, 2.45) is 0 Å². The zero-order valence-electron chi connectivity index (χ0n) is 9.32. The topological polar surface area (TPSA) is 29.3 Å². The van der Waals surface area contributed by atoms with Crippen LogP contribution in [-0.4, -0.2) is 7.05 Å². The molecular weight excluding hydrogens is 239 g/mol. The quantitative estimate of drug-likeness (QED) is 0.821. The van der Waals surface area contributed by atoms with Crippen LogP contribution in [0.5, 0.6) is 0 Å². The Morgan fingerprint density at radius 2 is 1.76 bits per heavy atom. The number of rotatable bonds is 2. The van der Waals surface area contributed by atoms with Crippen LogP contribution >= 0.6 is 11.6 Å². The molecule has 0 aliphatic carbocycles. The van der Waals surface area contributed by atoms with Crippen LogP contribution in [0.25, 0.3) is 0 Å². The van der Waals surface area contributed by atoms with Gasteiger partial charge in [-0.2, -0.15) is 0 Å². The average molecular weight is 251 g/mol. The molecule has 0 radical (unpaired) electrons. The van der Waals surface area contributed by atoms with Gasteiger partial charge in [0.25, 0.3) is 0 Å². The summed E-state index contributed by atoms with van der Waals surface area (Å²) in [5.41, 5.74) is 8.15. The zero-order valence-corrected chi connectivity index (χ0v) is 10.1. The van der Waals surface area contributed by atoms with Gasteiger partial charge < -0.3 is 10.6 Å². The van der Waals surface area contributed by atoms with E-state index in [0.717, 1.165) is 11.4 Å². The SMILES string of the molecule is CN(c1ccc(F)cc1)c1cc(Cl)ccc1N. The minimum absolute atomic E-state index is 0.263. The molecule has 2 aromatic carbocycles. The van der Waals surface area contributed by atoms with Crippen LogP contribution in [0.4, 0.5) is 21.5 Å². The van der Waals surface area contributed by atoms with Gasteiger partial charge in [-0.25, -0.2) is 4.39 Å². The number of benzene rings is 2. The van der Waals surface area contributed by atoms with Crippen molar-refractivity contribution < 1.29 is 4.39 Å². The molecule has 2 rings (SSSR count). The monoisotopic (exact) mass is 250 g/mol. The maximum atomic E-state index is 12.8. The lowest BCUT2D eigenvalue weighted by molar-refractivity contribution is 0.628. The van der Waals surface area contributed by atoms with Crippen molar-refractivity contribution in [1.29, 1.82) is 0 Å². The van der Waals surface area contributed by atoms with Crippen LogP contribution in [0, 0.1) is 5.82 Å². The van der Waals surface area contributed by atoms with Crippen molar-refractivity contribution >= 4 is 28.7 Å². The lowest BCUT2D eigenvalue weighted by atomic mass is 10.2. The van der Waals surface area contributed by atoms with E-state index < -0.39 is 0 Å². The van der Waals surface area contributed by atoms with E-state index in [2.05, 4.69) is 0 Å². The van der Waals surface area contributed by atoms with Crippen molar-refractivity contribution in [2.75, 3.05) is 17.7 Å². The summed E-state index contributed by atoms with van der Waals surface area (Å²) in [4.78, 5) is 1.86. The van der Waals surface area contributed by atoms with Crippen molar-refractivity contribution in [3.05, 3.63) is 53.3 Å². The van der Waals surface area contributed by atoms with Crippen LogP contribution < -0.4 is 10.6 Å². The summed E-state index contributed by atoms with van der Waals surface area (Å²) < 4.78 is 12.8. The first-order valence-corrected chi connectivity index (χ1v) is 5.50. The van der Waals surface area contributed by atoms with Gasteiger partial charge in [-0.3, -0.25) is 0 Å². The molecule has 0 aromatic heterocycles. The van der Waals surface area contributed by atoms with E-state index in [1.54, 1.807) is 30.3 Å². The number of hydrogen-bond acceptors (Lipinski definition) is 2. The Bertz CT molecular complexity index is 525. The van der Waals surface area contributed by atoms with E-state index in [9.17, 15) is 4.39 Å². The molecule has 2 nitrogen and oxygen atoms in total. The van der Waals surface area contributed by atoms with Gasteiger partial charge in [0.2, 0.25) is 0 Å². The Kier molecular flexibility index (Phi) is 3.20. The Balaban J connectivity index is 2.39. The number of halogens is 2. The fourth-order valence-corrected chi connectivity index (χ4v) is 1.78. The molecule has 0 spiro atoms. The second-order valence-corrected chi connectivity index (χ2v) is 4.18. The molecule has 0 saturated carbocycles. The third-order valence-corrected chi connectivity index (χ3v) is 2.80. The van der Waals surface area contributed by atoms with E-state index in [1.165, 1.54) is 12.1 Å². The fourth-order valence-electron chi connectivity index (χ4n) is 1.61. The maximum absolute atomic E-state index is 12.8. The van der Waals surface area contributed by atoms with Gasteiger partial charge >= 0.3 is 0 Å². The molecule has 0 heterocycles. The number of nitrogens with two attached hydrogens (primary N) is 1. The van der Waals surface area contributed by atoms with Gasteiger partial charge in [0.1, 0.15) is 5.82 Å². The van der Waals surface area contributed by atoms with Gasteiger partial charge in [0.15, 0.2) is 0 Å². The predicted molar refractivity (Wildman–Crippen MR) is 70.3 cm³/mol. The molecule has 0 bridgehead atoms. The molecule has 0 atom stereocenters.